The van der Waals surface area contributed by atoms with Crippen LogP contribution in [0.15, 0.2) is 43.1 Å². The molecule has 1 heterocycles. The number of ether oxygens (including phenoxy) is 1. The van der Waals surface area contributed by atoms with Crippen molar-refractivity contribution in [3.63, 3.8) is 0 Å². The van der Waals surface area contributed by atoms with Crippen molar-refractivity contribution < 1.29 is 4.74 Å². The van der Waals surface area contributed by atoms with E-state index in [1.165, 1.54) is 0 Å². The predicted molar refractivity (Wildman–Crippen MR) is 52.4 cm³/mol. The number of nitrogens with zero attached hydrogens (tertiary/aromatic N) is 1. The van der Waals surface area contributed by atoms with E-state index in [0.29, 0.717) is 0 Å². The average Bonchev–Trinajstić information content (AvgIpc) is 2.19. The molecule has 0 atom stereocenters. The summed E-state index contributed by atoms with van der Waals surface area (Å²) >= 11 is 0. The molecule has 0 aromatic heterocycles. The Labute approximate surface area is 77.7 Å². The minimum atomic E-state index is 0.771. The molecule has 2 heteroatoms. The summed E-state index contributed by atoms with van der Waals surface area (Å²) in [5.41, 5.74) is 1.06. The molecule has 0 saturated heterocycles. The number of rotatable bonds is 2. The number of hydrogen-bond acceptors (Lipinski definition) is 2. The second kappa shape index (κ2) is 3.35. The lowest BCUT2D eigenvalue weighted by atomic mass is 10.2. The first-order valence-electron chi connectivity index (χ1n) is 4.14. The molecule has 2 rings (SSSR count). The zero-order valence-corrected chi connectivity index (χ0v) is 7.23. The van der Waals surface area contributed by atoms with E-state index in [4.69, 9.17) is 4.74 Å². The Kier molecular flexibility index (Phi) is 2.04. The fourth-order valence-electron chi connectivity index (χ4n) is 1.29. The summed E-state index contributed by atoms with van der Waals surface area (Å²) in [6.07, 6.45) is 6.36. The Morgan fingerprint density at radius 2 is 2.31 bits per heavy atom. The van der Waals surface area contributed by atoms with Crippen LogP contribution in [0.25, 0.3) is 0 Å². The van der Waals surface area contributed by atoms with Crippen LogP contribution in [-0.2, 0) is 0 Å². The molecule has 13 heavy (non-hydrogen) atoms. The molecule has 1 radical (unpaired) electrons. The molecule has 0 N–H and O–H groups in total. The molecule has 1 aliphatic rings. The van der Waals surface area contributed by atoms with Gasteiger partial charge < -0.3 is 9.64 Å². The Morgan fingerprint density at radius 3 is 3.15 bits per heavy atom. The van der Waals surface area contributed by atoms with Crippen LogP contribution in [-0.4, -0.2) is 6.54 Å². The molecule has 0 unspecified atom stereocenters. The summed E-state index contributed by atoms with van der Waals surface area (Å²) in [6.45, 7) is 4.47. The maximum absolute atomic E-state index is 5.22. The lowest BCUT2D eigenvalue weighted by Gasteiger charge is -2.23. The third-order valence-electron chi connectivity index (χ3n) is 1.88. The fraction of sp³-hybridized carbons (Fsp3) is 0.0909. The summed E-state index contributed by atoms with van der Waals surface area (Å²) in [4.78, 5) is 2.03. The number of para-hydroxylation sites is 2. The van der Waals surface area contributed by atoms with Gasteiger partial charge in [0.1, 0.15) is 0 Å². The lowest BCUT2D eigenvalue weighted by molar-refractivity contribution is 0.442. The summed E-state index contributed by atoms with van der Waals surface area (Å²) in [7, 11) is 0. The van der Waals surface area contributed by atoms with Gasteiger partial charge in [0.2, 0.25) is 0 Å². The zero-order chi connectivity index (χ0) is 9.10. The Hall–Kier alpha value is -1.70. The van der Waals surface area contributed by atoms with Gasteiger partial charge >= 0.3 is 0 Å². The minimum absolute atomic E-state index is 0.771. The molecule has 0 saturated carbocycles. The van der Waals surface area contributed by atoms with E-state index in [1.807, 2.05) is 35.2 Å². The molecule has 2 nitrogen and oxygen atoms in total. The van der Waals surface area contributed by atoms with Crippen molar-refractivity contribution >= 4 is 5.69 Å². The molecule has 0 spiro atoms. The second-order valence-corrected chi connectivity index (χ2v) is 2.76. The summed E-state index contributed by atoms with van der Waals surface area (Å²) < 4.78 is 5.22. The van der Waals surface area contributed by atoms with Crippen LogP contribution in [0, 0.1) is 6.26 Å². The summed E-state index contributed by atoms with van der Waals surface area (Å²) in [5, 5.41) is 0. The van der Waals surface area contributed by atoms with Gasteiger partial charge in [-0.25, -0.2) is 0 Å². The van der Waals surface area contributed by atoms with Crippen molar-refractivity contribution in [1.82, 2.24) is 0 Å². The number of benzene rings is 1. The standard InChI is InChI=1S/C11H10NO/c1-2-7-12-8-9-13-11-6-4-3-5-10(11)12/h2-6,8H,1,7H2. The molecule has 0 fully saturated rings. The van der Waals surface area contributed by atoms with Gasteiger partial charge in [0.05, 0.1) is 11.9 Å². The van der Waals surface area contributed by atoms with Crippen molar-refractivity contribution in [3.05, 3.63) is 49.4 Å². The summed E-state index contributed by atoms with van der Waals surface area (Å²) in [5.74, 6) is 0.840. The average molecular weight is 172 g/mol. The van der Waals surface area contributed by atoms with E-state index in [9.17, 15) is 0 Å². The first kappa shape index (κ1) is 7.92. The Balaban J connectivity index is 2.36. The van der Waals surface area contributed by atoms with Crippen molar-refractivity contribution in [1.29, 1.82) is 0 Å². The van der Waals surface area contributed by atoms with Crippen LogP contribution in [0.4, 0.5) is 5.69 Å². The van der Waals surface area contributed by atoms with Crippen molar-refractivity contribution in [2.45, 2.75) is 0 Å². The lowest BCUT2D eigenvalue weighted by Crippen LogP contribution is -2.19. The van der Waals surface area contributed by atoms with Crippen molar-refractivity contribution in [2.24, 2.45) is 0 Å². The van der Waals surface area contributed by atoms with Gasteiger partial charge in [-0.1, -0.05) is 18.2 Å². The second-order valence-electron chi connectivity index (χ2n) is 2.76. The van der Waals surface area contributed by atoms with Crippen LogP contribution < -0.4 is 9.64 Å². The third-order valence-corrected chi connectivity index (χ3v) is 1.88. The number of anilines is 1. The predicted octanol–water partition coefficient (Wildman–Crippen LogP) is 2.35. The Morgan fingerprint density at radius 1 is 1.46 bits per heavy atom. The van der Waals surface area contributed by atoms with Gasteiger partial charge in [-0.2, -0.15) is 0 Å². The maximum atomic E-state index is 5.22. The van der Waals surface area contributed by atoms with E-state index >= 15 is 0 Å². The van der Waals surface area contributed by atoms with Gasteiger partial charge in [0.25, 0.3) is 0 Å². The highest BCUT2D eigenvalue weighted by atomic mass is 16.5. The molecule has 1 aromatic carbocycles. The molecule has 1 aromatic rings. The molecule has 0 aliphatic carbocycles. The van der Waals surface area contributed by atoms with E-state index in [2.05, 4.69) is 12.8 Å². The van der Waals surface area contributed by atoms with E-state index < -0.39 is 0 Å². The number of hydrogen-bond donors (Lipinski definition) is 0. The van der Waals surface area contributed by atoms with Crippen LogP contribution in [0.1, 0.15) is 0 Å². The SMILES string of the molecule is C=CCN1C=[C]Oc2ccccc21. The molecule has 0 amide bonds. The highest BCUT2D eigenvalue weighted by molar-refractivity contribution is 5.61. The normalized spacial score (nSPS) is 13.4. The zero-order valence-electron chi connectivity index (χ0n) is 7.23. The van der Waals surface area contributed by atoms with Gasteiger partial charge in [-0.15, -0.1) is 6.58 Å². The van der Waals surface area contributed by atoms with Gasteiger partial charge in [0.15, 0.2) is 12.0 Å². The van der Waals surface area contributed by atoms with Gasteiger partial charge in [-0.05, 0) is 12.1 Å². The minimum Gasteiger partial charge on any atom is -0.450 e. The Bertz CT molecular complexity index is 344. The van der Waals surface area contributed by atoms with Crippen LogP contribution in [0.5, 0.6) is 5.75 Å². The molecular formula is C11H10NO. The topological polar surface area (TPSA) is 12.5 Å². The maximum Gasteiger partial charge on any atom is 0.187 e. The fourth-order valence-corrected chi connectivity index (χ4v) is 1.29. The smallest absolute Gasteiger partial charge is 0.187 e. The van der Waals surface area contributed by atoms with Crippen molar-refractivity contribution in [2.75, 3.05) is 11.4 Å². The van der Waals surface area contributed by atoms with Crippen LogP contribution in [0.3, 0.4) is 0 Å². The molecule has 65 valence electrons. The monoisotopic (exact) mass is 172 g/mol. The van der Waals surface area contributed by atoms with Gasteiger partial charge in [0, 0.05) is 6.54 Å². The molecule has 0 bridgehead atoms. The van der Waals surface area contributed by atoms with Gasteiger partial charge in [-0.3, -0.25) is 0 Å². The number of fused-ring (bicyclic) bond motifs is 1. The van der Waals surface area contributed by atoms with E-state index in [-0.39, 0.29) is 0 Å². The van der Waals surface area contributed by atoms with Crippen LogP contribution >= 0.6 is 0 Å². The first-order valence-corrected chi connectivity index (χ1v) is 4.14. The van der Waals surface area contributed by atoms with E-state index in [1.54, 1.807) is 6.20 Å². The third kappa shape index (κ3) is 1.43. The van der Waals surface area contributed by atoms with Crippen LogP contribution in [0.2, 0.25) is 0 Å². The summed E-state index contributed by atoms with van der Waals surface area (Å²) in [6, 6.07) is 7.86. The van der Waals surface area contributed by atoms with Crippen molar-refractivity contribution in [3.8, 4) is 5.75 Å². The quantitative estimate of drug-likeness (QED) is 0.635. The largest absolute Gasteiger partial charge is 0.450 e. The molecule has 1 aliphatic heterocycles. The first-order chi connectivity index (χ1) is 6.42. The highest BCUT2D eigenvalue weighted by Gasteiger charge is 2.11. The molecular weight excluding hydrogens is 162 g/mol. The highest BCUT2D eigenvalue weighted by Crippen LogP contribution is 2.30. The van der Waals surface area contributed by atoms with E-state index in [0.717, 1.165) is 18.0 Å².